The highest BCUT2D eigenvalue weighted by molar-refractivity contribution is 5.81. The number of likely N-dealkylation sites (tertiary alicyclic amines) is 1. The molecule has 4 nitrogen and oxygen atoms in total. The zero-order valence-corrected chi connectivity index (χ0v) is 12.9. The second-order valence-electron chi connectivity index (χ2n) is 7.43. The van der Waals surface area contributed by atoms with Gasteiger partial charge in [0.15, 0.2) is 0 Å². The van der Waals surface area contributed by atoms with E-state index in [9.17, 15) is 9.59 Å². The highest BCUT2D eigenvalue weighted by atomic mass is 16.4. The number of carboxylic acids is 1. The molecule has 3 aliphatic rings. The summed E-state index contributed by atoms with van der Waals surface area (Å²) in [5, 5.41) is 9.06. The third-order valence-corrected chi connectivity index (χ3v) is 6.18. The van der Waals surface area contributed by atoms with Crippen LogP contribution < -0.4 is 0 Å². The van der Waals surface area contributed by atoms with Gasteiger partial charge in [0.05, 0.1) is 5.92 Å². The Morgan fingerprint density at radius 3 is 2.10 bits per heavy atom. The molecule has 4 heteroatoms. The number of amides is 1. The average molecular weight is 293 g/mol. The van der Waals surface area contributed by atoms with E-state index in [1.165, 1.54) is 32.1 Å². The molecule has 1 aliphatic heterocycles. The molecule has 0 radical (unpaired) electrons. The van der Waals surface area contributed by atoms with Crippen LogP contribution in [-0.2, 0) is 9.59 Å². The molecule has 1 heterocycles. The molecule has 21 heavy (non-hydrogen) atoms. The van der Waals surface area contributed by atoms with E-state index in [2.05, 4.69) is 0 Å². The molecule has 0 aromatic carbocycles. The van der Waals surface area contributed by atoms with Crippen LogP contribution in [0.2, 0.25) is 0 Å². The predicted molar refractivity (Wildman–Crippen MR) is 79.8 cm³/mol. The molecule has 118 valence electrons. The molecule has 0 aromatic heterocycles. The van der Waals surface area contributed by atoms with Gasteiger partial charge in [-0.3, -0.25) is 9.59 Å². The minimum atomic E-state index is -0.731. The molecule has 0 bridgehead atoms. The highest BCUT2D eigenvalue weighted by Crippen LogP contribution is 2.45. The first-order chi connectivity index (χ1) is 10.1. The molecule has 1 amide bonds. The maximum absolute atomic E-state index is 12.6. The van der Waals surface area contributed by atoms with Gasteiger partial charge < -0.3 is 10.0 Å². The van der Waals surface area contributed by atoms with Gasteiger partial charge in [0.25, 0.3) is 0 Å². The molecule has 0 aromatic rings. The molecule has 0 unspecified atom stereocenters. The largest absolute Gasteiger partial charge is 0.481 e. The maximum Gasteiger partial charge on any atom is 0.306 e. The SMILES string of the molecule is O=C(O)[C@@H]1CC[C@H](C(=O)N2CCC3(CCCCC3)CC2)C1. The van der Waals surface area contributed by atoms with E-state index in [0.717, 1.165) is 32.4 Å². The van der Waals surface area contributed by atoms with Crippen molar-refractivity contribution in [3.8, 4) is 0 Å². The van der Waals surface area contributed by atoms with Gasteiger partial charge in [-0.05, 0) is 50.4 Å². The second kappa shape index (κ2) is 5.98. The lowest BCUT2D eigenvalue weighted by molar-refractivity contribution is -0.142. The molecule has 2 aliphatic carbocycles. The van der Waals surface area contributed by atoms with Gasteiger partial charge in [-0.25, -0.2) is 0 Å². The Kier molecular flexibility index (Phi) is 4.23. The fourth-order valence-corrected chi connectivity index (χ4v) is 4.69. The summed E-state index contributed by atoms with van der Waals surface area (Å²) in [6, 6.07) is 0. The van der Waals surface area contributed by atoms with E-state index in [1.807, 2.05) is 4.90 Å². The Morgan fingerprint density at radius 1 is 0.905 bits per heavy atom. The van der Waals surface area contributed by atoms with Crippen molar-refractivity contribution in [1.29, 1.82) is 0 Å². The second-order valence-corrected chi connectivity index (χ2v) is 7.43. The molecule has 2 atom stereocenters. The van der Waals surface area contributed by atoms with Crippen molar-refractivity contribution >= 4 is 11.9 Å². The molecule has 1 saturated heterocycles. The van der Waals surface area contributed by atoms with E-state index >= 15 is 0 Å². The summed E-state index contributed by atoms with van der Waals surface area (Å²) in [6.45, 7) is 1.79. The fourth-order valence-electron chi connectivity index (χ4n) is 4.69. The van der Waals surface area contributed by atoms with Gasteiger partial charge >= 0.3 is 5.97 Å². The monoisotopic (exact) mass is 293 g/mol. The van der Waals surface area contributed by atoms with Crippen LogP contribution in [-0.4, -0.2) is 35.0 Å². The quantitative estimate of drug-likeness (QED) is 0.851. The van der Waals surface area contributed by atoms with Gasteiger partial charge in [0, 0.05) is 19.0 Å². The first kappa shape index (κ1) is 14.9. The molecule has 3 rings (SSSR count). The lowest BCUT2D eigenvalue weighted by Crippen LogP contribution is -2.45. The summed E-state index contributed by atoms with van der Waals surface area (Å²) in [5.41, 5.74) is 0.522. The van der Waals surface area contributed by atoms with Gasteiger partial charge in [-0.2, -0.15) is 0 Å². The van der Waals surface area contributed by atoms with Gasteiger partial charge in [-0.1, -0.05) is 19.3 Å². The van der Waals surface area contributed by atoms with Crippen LogP contribution in [0.1, 0.15) is 64.2 Å². The summed E-state index contributed by atoms with van der Waals surface area (Å²) in [4.78, 5) is 25.6. The van der Waals surface area contributed by atoms with E-state index in [1.54, 1.807) is 0 Å². The number of carbonyl (C=O) groups excluding carboxylic acids is 1. The Morgan fingerprint density at radius 2 is 1.52 bits per heavy atom. The Hall–Kier alpha value is -1.06. The van der Waals surface area contributed by atoms with Crippen LogP contribution in [0.3, 0.4) is 0 Å². The summed E-state index contributed by atoms with van der Waals surface area (Å²) in [6.07, 6.45) is 11.1. The minimum absolute atomic E-state index is 0.0356. The fraction of sp³-hybridized carbons (Fsp3) is 0.882. The lowest BCUT2D eigenvalue weighted by atomic mass is 9.68. The number of carbonyl (C=O) groups is 2. The molecule has 2 saturated carbocycles. The highest BCUT2D eigenvalue weighted by Gasteiger charge is 2.40. The maximum atomic E-state index is 12.6. The summed E-state index contributed by atoms with van der Waals surface area (Å²) in [5.74, 6) is -0.838. The Labute approximate surface area is 126 Å². The number of hydrogen-bond acceptors (Lipinski definition) is 2. The summed E-state index contributed by atoms with van der Waals surface area (Å²) < 4.78 is 0. The number of carboxylic acid groups (broad SMARTS) is 1. The van der Waals surface area contributed by atoms with Crippen LogP contribution in [0.25, 0.3) is 0 Å². The van der Waals surface area contributed by atoms with Crippen LogP contribution in [0.4, 0.5) is 0 Å². The van der Waals surface area contributed by atoms with E-state index in [-0.39, 0.29) is 17.7 Å². The standard InChI is InChI=1S/C17H27NO3/c19-15(13-4-5-14(12-13)16(20)21)18-10-8-17(9-11-18)6-2-1-3-7-17/h13-14H,1-12H2,(H,20,21)/t13-,14+/m0/s1. The Balaban J connectivity index is 1.52. The predicted octanol–water partition coefficient (Wildman–Crippen LogP) is 3.06. The van der Waals surface area contributed by atoms with Crippen LogP contribution in [0.15, 0.2) is 0 Å². The Bertz CT molecular complexity index is 404. The molecule has 1 spiro atoms. The molecular weight excluding hydrogens is 266 g/mol. The number of nitrogens with zero attached hydrogens (tertiary/aromatic N) is 1. The van der Waals surface area contributed by atoms with Crippen LogP contribution in [0.5, 0.6) is 0 Å². The topological polar surface area (TPSA) is 57.6 Å². The first-order valence-electron chi connectivity index (χ1n) is 8.61. The number of piperidine rings is 1. The van der Waals surface area contributed by atoms with Crippen molar-refractivity contribution in [2.45, 2.75) is 64.2 Å². The van der Waals surface area contributed by atoms with Crippen molar-refractivity contribution < 1.29 is 14.7 Å². The van der Waals surface area contributed by atoms with Crippen molar-refractivity contribution in [1.82, 2.24) is 4.90 Å². The average Bonchev–Trinajstić information content (AvgIpc) is 2.98. The van der Waals surface area contributed by atoms with Crippen LogP contribution in [0, 0.1) is 17.3 Å². The van der Waals surface area contributed by atoms with Crippen molar-refractivity contribution in [3.05, 3.63) is 0 Å². The molecule has 3 fully saturated rings. The third kappa shape index (κ3) is 3.09. The minimum Gasteiger partial charge on any atom is -0.481 e. The van der Waals surface area contributed by atoms with E-state index in [0.29, 0.717) is 18.3 Å². The number of rotatable bonds is 2. The zero-order valence-electron chi connectivity index (χ0n) is 12.9. The van der Waals surface area contributed by atoms with Gasteiger partial charge in [0.1, 0.15) is 0 Å². The van der Waals surface area contributed by atoms with Gasteiger partial charge in [0.2, 0.25) is 5.91 Å². The molecule has 1 N–H and O–H groups in total. The van der Waals surface area contributed by atoms with Gasteiger partial charge in [-0.15, -0.1) is 0 Å². The van der Waals surface area contributed by atoms with E-state index in [4.69, 9.17) is 5.11 Å². The number of aliphatic carboxylic acids is 1. The van der Waals surface area contributed by atoms with E-state index < -0.39 is 5.97 Å². The first-order valence-corrected chi connectivity index (χ1v) is 8.61. The van der Waals surface area contributed by atoms with Crippen molar-refractivity contribution in [2.75, 3.05) is 13.1 Å². The smallest absolute Gasteiger partial charge is 0.306 e. The molecular formula is C17H27NO3. The van der Waals surface area contributed by atoms with Crippen molar-refractivity contribution in [3.63, 3.8) is 0 Å². The normalized spacial score (nSPS) is 32.3. The number of hydrogen-bond donors (Lipinski definition) is 1. The lowest BCUT2D eigenvalue weighted by Gasteiger charge is -2.44. The summed E-state index contributed by atoms with van der Waals surface area (Å²) in [7, 11) is 0. The third-order valence-electron chi connectivity index (χ3n) is 6.18. The zero-order chi connectivity index (χ0) is 14.9. The summed E-state index contributed by atoms with van der Waals surface area (Å²) >= 11 is 0. The van der Waals surface area contributed by atoms with Crippen LogP contribution >= 0.6 is 0 Å². The van der Waals surface area contributed by atoms with Crippen molar-refractivity contribution in [2.24, 2.45) is 17.3 Å².